The first-order valence-electron chi connectivity index (χ1n) is 9.98. The van der Waals surface area contributed by atoms with E-state index in [0.29, 0.717) is 43.2 Å². The summed E-state index contributed by atoms with van der Waals surface area (Å²) in [5.74, 6) is 0.248. The number of rotatable bonds is 6. The van der Waals surface area contributed by atoms with Crippen LogP contribution in [0.25, 0.3) is 0 Å². The SMILES string of the molecule is O=C(Nc1ccc(N2CCOCC2)c(F)c1)c1ccccc1SCC1CCCO1. The Balaban J connectivity index is 1.43. The molecule has 7 heteroatoms. The predicted molar refractivity (Wildman–Crippen MR) is 114 cm³/mol. The van der Waals surface area contributed by atoms with E-state index in [-0.39, 0.29) is 17.8 Å². The average molecular weight is 417 g/mol. The number of nitrogens with one attached hydrogen (secondary N) is 1. The maximum absolute atomic E-state index is 14.6. The molecule has 2 aromatic rings. The van der Waals surface area contributed by atoms with Gasteiger partial charge in [-0.15, -0.1) is 11.8 Å². The molecule has 1 N–H and O–H groups in total. The van der Waals surface area contributed by atoms with Crippen LogP contribution in [0.15, 0.2) is 47.4 Å². The Morgan fingerprint density at radius 1 is 1.17 bits per heavy atom. The number of hydrogen-bond acceptors (Lipinski definition) is 5. The lowest BCUT2D eigenvalue weighted by atomic mass is 10.2. The van der Waals surface area contributed by atoms with E-state index in [9.17, 15) is 9.18 Å². The van der Waals surface area contributed by atoms with E-state index in [4.69, 9.17) is 9.47 Å². The molecule has 1 atom stereocenters. The molecule has 1 unspecified atom stereocenters. The molecule has 2 aliphatic heterocycles. The van der Waals surface area contributed by atoms with E-state index in [2.05, 4.69) is 5.32 Å². The second-order valence-corrected chi connectivity index (χ2v) is 8.22. The maximum Gasteiger partial charge on any atom is 0.256 e. The van der Waals surface area contributed by atoms with Crippen molar-refractivity contribution in [3.63, 3.8) is 0 Å². The van der Waals surface area contributed by atoms with Gasteiger partial charge >= 0.3 is 0 Å². The number of ether oxygens (including phenoxy) is 2. The Morgan fingerprint density at radius 2 is 2.00 bits per heavy atom. The molecule has 2 aromatic carbocycles. The minimum Gasteiger partial charge on any atom is -0.378 e. The molecule has 0 aromatic heterocycles. The number of nitrogens with zero attached hydrogens (tertiary/aromatic N) is 1. The summed E-state index contributed by atoms with van der Waals surface area (Å²) in [4.78, 5) is 15.7. The highest BCUT2D eigenvalue weighted by Crippen LogP contribution is 2.28. The molecule has 0 spiro atoms. The Kier molecular flexibility index (Phi) is 6.69. The van der Waals surface area contributed by atoms with Gasteiger partial charge in [-0.05, 0) is 43.2 Å². The van der Waals surface area contributed by atoms with Crippen LogP contribution in [0.3, 0.4) is 0 Å². The summed E-state index contributed by atoms with van der Waals surface area (Å²) in [5.41, 5.74) is 1.58. The highest BCUT2D eigenvalue weighted by atomic mass is 32.2. The molecule has 154 valence electrons. The van der Waals surface area contributed by atoms with Crippen molar-refractivity contribution < 1.29 is 18.7 Å². The van der Waals surface area contributed by atoms with Crippen molar-refractivity contribution in [3.8, 4) is 0 Å². The van der Waals surface area contributed by atoms with Gasteiger partial charge in [-0.1, -0.05) is 12.1 Å². The number of amides is 1. The summed E-state index contributed by atoms with van der Waals surface area (Å²) in [5, 5.41) is 2.83. The number of halogens is 1. The molecule has 0 saturated carbocycles. The Hall–Kier alpha value is -2.09. The molecular formula is C22H25FN2O3S. The smallest absolute Gasteiger partial charge is 0.256 e. The van der Waals surface area contributed by atoms with Crippen LogP contribution >= 0.6 is 11.8 Å². The Bertz CT molecular complexity index is 852. The van der Waals surface area contributed by atoms with Gasteiger partial charge in [0.05, 0.1) is 30.6 Å². The quantitative estimate of drug-likeness (QED) is 0.716. The molecule has 2 heterocycles. The first-order valence-corrected chi connectivity index (χ1v) is 11.0. The minimum absolute atomic E-state index is 0.237. The predicted octanol–water partition coefficient (Wildman–Crippen LogP) is 4.19. The van der Waals surface area contributed by atoms with Gasteiger partial charge in [0.2, 0.25) is 0 Å². The highest BCUT2D eigenvalue weighted by molar-refractivity contribution is 7.99. The van der Waals surface area contributed by atoms with Gasteiger partial charge in [0.15, 0.2) is 0 Å². The maximum atomic E-state index is 14.6. The number of hydrogen-bond donors (Lipinski definition) is 1. The molecule has 4 rings (SSSR count). The van der Waals surface area contributed by atoms with Crippen molar-refractivity contribution in [2.75, 3.05) is 48.9 Å². The largest absolute Gasteiger partial charge is 0.378 e. The van der Waals surface area contributed by atoms with Crippen LogP contribution in [-0.4, -0.2) is 50.7 Å². The molecule has 0 aliphatic carbocycles. The van der Waals surface area contributed by atoms with Crippen molar-refractivity contribution in [1.82, 2.24) is 0 Å². The van der Waals surface area contributed by atoms with Crippen molar-refractivity contribution in [2.24, 2.45) is 0 Å². The van der Waals surface area contributed by atoms with Crippen LogP contribution in [0.5, 0.6) is 0 Å². The van der Waals surface area contributed by atoms with Gasteiger partial charge in [-0.2, -0.15) is 0 Å². The fourth-order valence-corrected chi connectivity index (χ4v) is 4.70. The van der Waals surface area contributed by atoms with Crippen molar-refractivity contribution >= 4 is 29.0 Å². The molecule has 1 amide bonds. The molecule has 0 bridgehead atoms. The number of carbonyl (C=O) groups is 1. The summed E-state index contributed by atoms with van der Waals surface area (Å²) in [7, 11) is 0. The average Bonchev–Trinajstić information content (AvgIpc) is 3.27. The zero-order valence-corrected chi connectivity index (χ0v) is 17.1. The topological polar surface area (TPSA) is 50.8 Å². The van der Waals surface area contributed by atoms with E-state index in [1.54, 1.807) is 30.0 Å². The summed E-state index contributed by atoms with van der Waals surface area (Å²) < 4.78 is 25.6. The van der Waals surface area contributed by atoms with Crippen LogP contribution in [0.2, 0.25) is 0 Å². The lowest BCUT2D eigenvalue weighted by molar-refractivity contribution is 0.102. The van der Waals surface area contributed by atoms with Crippen LogP contribution in [-0.2, 0) is 9.47 Å². The zero-order valence-electron chi connectivity index (χ0n) is 16.2. The van der Waals surface area contributed by atoms with Crippen LogP contribution in [0.1, 0.15) is 23.2 Å². The van der Waals surface area contributed by atoms with Gasteiger partial charge in [-0.25, -0.2) is 4.39 Å². The third-order valence-corrected chi connectivity index (χ3v) is 6.34. The number of benzene rings is 2. The number of anilines is 2. The van der Waals surface area contributed by atoms with E-state index in [1.165, 1.54) is 6.07 Å². The Labute approximate surface area is 174 Å². The molecule has 0 radical (unpaired) electrons. The van der Waals surface area contributed by atoms with Crippen LogP contribution in [0, 0.1) is 5.82 Å². The number of morpholine rings is 1. The normalized spacial score (nSPS) is 19.3. The molecule has 2 fully saturated rings. The molecule has 2 aliphatic rings. The van der Waals surface area contributed by atoms with Gasteiger partial charge in [0, 0.05) is 36.0 Å². The van der Waals surface area contributed by atoms with Gasteiger partial charge in [0.25, 0.3) is 5.91 Å². The van der Waals surface area contributed by atoms with Crippen LogP contribution in [0.4, 0.5) is 15.8 Å². The Morgan fingerprint density at radius 3 is 2.76 bits per heavy atom. The fraction of sp³-hybridized carbons (Fsp3) is 0.409. The number of carbonyl (C=O) groups excluding carboxylic acids is 1. The summed E-state index contributed by atoms with van der Waals surface area (Å²) in [6, 6.07) is 12.3. The van der Waals surface area contributed by atoms with Crippen molar-refractivity contribution in [2.45, 2.75) is 23.8 Å². The van der Waals surface area contributed by atoms with E-state index < -0.39 is 0 Å². The van der Waals surface area contributed by atoms with Gasteiger partial charge in [0.1, 0.15) is 5.82 Å². The molecule has 2 saturated heterocycles. The van der Waals surface area contributed by atoms with E-state index in [0.717, 1.165) is 30.1 Å². The standard InChI is InChI=1S/C22H25FN2O3S/c23-19-14-16(7-8-20(19)25-9-12-27-13-10-25)24-22(26)18-5-1-2-6-21(18)29-15-17-4-3-11-28-17/h1-2,5-8,14,17H,3-4,9-13,15H2,(H,24,26). The second-order valence-electron chi connectivity index (χ2n) is 7.16. The van der Waals surface area contributed by atoms with Crippen LogP contribution < -0.4 is 10.2 Å². The van der Waals surface area contributed by atoms with Gasteiger partial charge < -0.3 is 19.7 Å². The molecular weight excluding hydrogens is 391 g/mol. The lowest BCUT2D eigenvalue weighted by Gasteiger charge is -2.29. The van der Waals surface area contributed by atoms with E-state index in [1.807, 2.05) is 23.1 Å². The van der Waals surface area contributed by atoms with Gasteiger partial charge in [-0.3, -0.25) is 4.79 Å². The third kappa shape index (κ3) is 5.10. The third-order valence-electron chi connectivity index (χ3n) is 5.14. The summed E-state index contributed by atoms with van der Waals surface area (Å²) in [6.45, 7) is 3.34. The zero-order chi connectivity index (χ0) is 20.1. The summed E-state index contributed by atoms with van der Waals surface area (Å²) >= 11 is 1.63. The van der Waals surface area contributed by atoms with E-state index >= 15 is 0 Å². The minimum atomic E-state index is -0.342. The fourth-order valence-electron chi connectivity index (χ4n) is 3.58. The van der Waals surface area contributed by atoms with Crippen molar-refractivity contribution in [3.05, 3.63) is 53.8 Å². The monoisotopic (exact) mass is 416 g/mol. The first-order chi connectivity index (χ1) is 14.2. The summed E-state index contributed by atoms with van der Waals surface area (Å²) in [6.07, 6.45) is 2.41. The first kappa shape index (κ1) is 20.2. The molecule has 5 nitrogen and oxygen atoms in total. The second kappa shape index (κ2) is 9.61. The lowest BCUT2D eigenvalue weighted by Crippen LogP contribution is -2.36. The van der Waals surface area contributed by atoms with Crippen molar-refractivity contribution in [1.29, 1.82) is 0 Å². The highest BCUT2D eigenvalue weighted by Gasteiger charge is 2.19. The molecule has 29 heavy (non-hydrogen) atoms. The number of thioether (sulfide) groups is 1.